The van der Waals surface area contributed by atoms with E-state index in [0.717, 1.165) is 5.92 Å². The second-order valence-electron chi connectivity index (χ2n) is 5.00. The summed E-state index contributed by atoms with van der Waals surface area (Å²) in [6.07, 6.45) is 3.97. The molecule has 0 aromatic rings. The number of amidine groups is 1. The maximum Gasteiger partial charge on any atom is 0.157 e. The average molecular weight is 212 g/mol. The van der Waals surface area contributed by atoms with Crippen LogP contribution >= 0.6 is 11.8 Å². The predicted octanol–water partition coefficient (Wildman–Crippen LogP) is 2.65. The van der Waals surface area contributed by atoms with E-state index in [0.29, 0.717) is 11.6 Å². The van der Waals surface area contributed by atoms with Crippen LogP contribution in [0, 0.1) is 5.92 Å². The normalized spacial score (nSPS) is 35.8. The van der Waals surface area contributed by atoms with E-state index < -0.39 is 0 Å². The van der Waals surface area contributed by atoms with Crippen LogP contribution in [-0.2, 0) is 0 Å². The minimum absolute atomic E-state index is 0.353. The Balaban J connectivity index is 1.95. The topological polar surface area (TPSA) is 24.4 Å². The number of thioether (sulfide) groups is 1. The van der Waals surface area contributed by atoms with Gasteiger partial charge in [-0.25, -0.2) is 0 Å². The van der Waals surface area contributed by atoms with Crippen molar-refractivity contribution >= 4 is 16.9 Å². The zero-order chi connectivity index (χ0) is 10.2. The summed E-state index contributed by atoms with van der Waals surface area (Å²) >= 11 is 1.89. The van der Waals surface area contributed by atoms with Crippen LogP contribution in [-0.4, -0.2) is 22.5 Å². The molecule has 0 amide bonds. The largest absolute Gasteiger partial charge is 0.360 e. The van der Waals surface area contributed by atoms with Gasteiger partial charge in [-0.1, -0.05) is 18.7 Å². The van der Waals surface area contributed by atoms with Crippen molar-refractivity contribution in [3.05, 3.63) is 0 Å². The lowest BCUT2D eigenvalue weighted by atomic mass is 9.79. The van der Waals surface area contributed by atoms with Gasteiger partial charge in [0.15, 0.2) is 5.17 Å². The molecule has 1 aliphatic heterocycles. The van der Waals surface area contributed by atoms with Gasteiger partial charge in [-0.15, -0.1) is 0 Å². The summed E-state index contributed by atoms with van der Waals surface area (Å²) in [5.41, 5.74) is 0.353. The molecule has 1 N–H and O–H groups in total. The third-order valence-electron chi connectivity index (χ3n) is 3.49. The van der Waals surface area contributed by atoms with Crippen molar-refractivity contribution in [3.8, 4) is 0 Å². The summed E-state index contributed by atoms with van der Waals surface area (Å²) in [6, 6.07) is 0.488. The predicted molar refractivity (Wildman–Crippen MR) is 63.9 cm³/mol. The van der Waals surface area contributed by atoms with Gasteiger partial charge >= 0.3 is 0 Å². The van der Waals surface area contributed by atoms with E-state index in [2.05, 4.69) is 26.1 Å². The van der Waals surface area contributed by atoms with Crippen LogP contribution in [0.5, 0.6) is 0 Å². The Morgan fingerprint density at radius 1 is 1.43 bits per heavy atom. The smallest absolute Gasteiger partial charge is 0.157 e. The van der Waals surface area contributed by atoms with Gasteiger partial charge in [-0.2, -0.15) is 0 Å². The molecule has 2 aliphatic rings. The second kappa shape index (κ2) is 3.76. The SMILES string of the molecule is CC1CSC(NC2(C)CCC2)=NC1C. The van der Waals surface area contributed by atoms with Gasteiger partial charge in [0.05, 0.1) is 6.04 Å². The molecule has 0 aromatic heterocycles. The average Bonchev–Trinajstić information content (AvgIpc) is 2.09. The number of hydrogen-bond acceptors (Lipinski definition) is 3. The van der Waals surface area contributed by atoms with Crippen LogP contribution in [0.1, 0.15) is 40.0 Å². The lowest BCUT2D eigenvalue weighted by molar-refractivity contribution is 0.245. The van der Waals surface area contributed by atoms with E-state index in [1.807, 2.05) is 11.8 Å². The van der Waals surface area contributed by atoms with Crippen molar-refractivity contribution in [2.24, 2.45) is 10.9 Å². The van der Waals surface area contributed by atoms with Gasteiger partial charge in [0.1, 0.15) is 0 Å². The minimum atomic E-state index is 0.353. The fraction of sp³-hybridized carbons (Fsp3) is 0.909. The van der Waals surface area contributed by atoms with Crippen LogP contribution < -0.4 is 5.32 Å². The Morgan fingerprint density at radius 2 is 2.14 bits per heavy atom. The maximum atomic E-state index is 4.70. The molecule has 0 radical (unpaired) electrons. The molecule has 2 atom stereocenters. The van der Waals surface area contributed by atoms with Gasteiger partial charge < -0.3 is 5.32 Å². The molecule has 1 aliphatic carbocycles. The van der Waals surface area contributed by atoms with Crippen molar-refractivity contribution in [2.45, 2.75) is 51.6 Å². The molecule has 1 fully saturated rings. The fourth-order valence-corrected chi connectivity index (χ4v) is 3.12. The van der Waals surface area contributed by atoms with E-state index in [1.165, 1.54) is 30.2 Å². The van der Waals surface area contributed by atoms with Crippen molar-refractivity contribution in [1.82, 2.24) is 5.32 Å². The molecule has 2 unspecified atom stereocenters. The van der Waals surface area contributed by atoms with Crippen LogP contribution in [0.2, 0.25) is 0 Å². The first-order chi connectivity index (χ1) is 6.59. The Kier molecular flexibility index (Phi) is 2.78. The van der Waals surface area contributed by atoms with Crippen molar-refractivity contribution in [2.75, 3.05) is 5.75 Å². The monoisotopic (exact) mass is 212 g/mol. The van der Waals surface area contributed by atoms with E-state index in [-0.39, 0.29) is 0 Å². The summed E-state index contributed by atoms with van der Waals surface area (Å²) in [5.74, 6) is 1.93. The number of hydrogen-bond donors (Lipinski definition) is 1. The van der Waals surface area contributed by atoms with Crippen molar-refractivity contribution in [1.29, 1.82) is 0 Å². The molecule has 80 valence electrons. The Bertz CT molecular complexity index is 246. The maximum absolute atomic E-state index is 4.70. The molecule has 2 nitrogen and oxygen atoms in total. The zero-order valence-electron chi connectivity index (χ0n) is 9.34. The molecular weight excluding hydrogens is 192 g/mol. The van der Waals surface area contributed by atoms with Gasteiger partial charge in [-0.05, 0) is 39.0 Å². The van der Waals surface area contributed by atoms with E-state index >= 15 is 0 Å². The molecule has 0 aromatic carbocycles. The van der Waals surface area contributed by atoms with Crippen LogP contribution in [0.15, 0.2) is 4.99 Å². The van der Waals surface area contributed by atoms with Gasteiger partial charge in [0.2, 0.25) is 0 Å². The molecule has 2 rings (SSSR count). The highest BCUT2D eigenvalue weighted by Crippen LogP contribution is 2.33. The highest BCUT2D eigenvalue weighted by molar-refractivity contribution is 8.13. The molecular formula is C11H20N2S. The first-order valence-electron chi connectivity index (χ1n) is 5.58. The van der Waals surface area contributed by atoms with Crippen LogP contribution in [0.4, 0.5) is 0 Å². The molecule has 0 saturated heterocycles. The van der Waals surface area contributed by atoms with Crippen molar-refractivity contribution in [3.63, 3.8) is 0 Å². The minimum Gasteiger partial charge on any atom is -0.360 e. The van der Waals surface area contributed by atoms with E-state index in [1.54, 1.807) is 0 Å². The van der Waals surface area contributed by atoms with E-state index in [9.17, 15) is 0 Å². The van der Waals surface area contributed by atoms with Crippen LogP contribution in [0.3, 0.4) is 0 Å². The fourth-order valence-electron chi connectivity index (χ4n) is 1.86. The summed E-state index contributed by atoms with van der Waals surface area (Å²) in [4.78, 5) is 4.70. The zero-order valence-corrected chi connectivity index (χ0v) is 10.2. The van der Waals surface area contributed by atoms with Gasteiger partial charge in [0.25, 0.3) is 0 Å². The second-order valence-corrected chi connectivity index (χ2v) is 6.01. The molecule has 14 heavy (non-hydrogen) atoms. The Hall–Kier alpha value is -0.180. The third kappa shape index (κ3) is 2.08. The van der Waals surface area contributed by atoms with Crippen molar-refractivity contribution < 1.29 is 0 Å². The Labute approximate surface area is 90.9 Å². The quantitative estimate of drug-likeness (QED) is 0.722. The molecule has 3 heteroatoms. The lowest BCUT2D eigenvalue weighted by Gasteiger charge is -2.41. The first kappa shape index (κ1) is 10.3. The highest BCUT2D eigenvalue weighted by Gasteiger charge is 2.33. The molecule has 0 spiro atoms. The summed E-state index contributed by atoms with van der Waals surface area (Å²) < 4.78 is 0. The number of aliphatic imine (C=N–C) groups is 1. The standard InChI is InChI=1S/C11H20N2S/c1-8-7-14-10(12-9(8)2)13-11(3)5-4-6-11/h8-9H,4-7H2,1-3H3,(H,12,13). The van der Waals surface area contributed by atoms with Crippen LogP contribution in [0.25, 0.3) is 0 Å². The van der Waals surface area contributed by atoms with E-state index in [4.69, 9.17) is 4.99 Å². The summed E-state index contributed by atoms with van der Waals surface area (Å²) in [5, 5.41) is 4.77. The van der Waals surface area contributed by atoms with Gasteiger partial charge in [-0.3, -0.25) is 4.99 Å². The molecule has 1 saturated carbocycles. The van der Waals surface area contributed by atoms with Gasteiger partial charge in [0, 0.05) is 11.3 Å². The molecule has 0 bridgehead atoms. The molecule has 1 heterocycles. The highest BCUT2D eigenvalue weighted by atomic mass is 32.2. The lowest BCUT2D eigenvalue weighted by Crippen LogP contribution is -2.51. The number of nitrogens with one attached hydrogen (secondary N) is 1. The summed E-state index contributed by atoms with van der Waals surface area (Å²) in [6.45, 7) is 6.81. The third-order valence-corrected chi connectivity index (χ3v) is 4.67. The summed E-state index contributed by atoms with van der Waals surface area (Å²) in [7, 11) is 0. The Morgan fingerprint density at radius 3 is 2.64 bits per heavy atom. The number of nitrogens with zero attached hydrogens (tertiary/aromatic N) is 1. The first-order valence-corrected chi connectivity index (χ1v) is 6.56. The number of rotatable bonds is 1.